The third-order valence-corrected chi connectivity index (χ3v) is 5.65. The Hall–Kier alpha value is -4.39. The minimum Gasteiger partial charge on any atom is -0.465 e. The fraction of sp³-hybridized carbons (Fsp3) is 0.143. The first-order valence-electron chi connectivity index (χ1n) is 11.0. The van der Waals surface area contributed by atoms with Crippen LogP contribution in [0.1, 0.15) is 31.8 Å². The summed E-state index contributed by atoms with van der Waals surface area (Å²) in [6, 6.07) is 19.8. The second-order valence-electron chi connectivity index (χ2n) is 8.01. The van der Waals surface area contributed by atoms with E-state index in [0.29, 0.717) is 29.8 Å². The molecule has 0 spiro atoms. The molecule has 0 atom stereocenters. The molecule has 0 aliphatic rings. The van der Waals surface area contributed by atoms with E-state index in [9.17, 15) is 14.0 Å². The van der Waals surface area contributed by atoms with Gasteiger partial charge >= 0.3 is 11.9 Å². The van der Waals surface area contributed by atoms with Crippen LogP contribution in [0, 0.1) is 5.82 Å². The maximum absolute atomic E-state index is 14.9. The van der Waals surface area contributed by atoms with Gasteiger partial charge < -0.3 is 9.47 Å². The molecule has 2 heterocycles. The molecule has 35 heavy (non-hydrogen) atoms. The fourth-order valence-corrected chi connectivity index (χ4v) is 3.73. The van der Waals surface area contributed by atoms with Crippen molar-refractivity contribution in [1.29, 1.82) is 0 Å². The predicted octanol–water partition coefficient (Wildman–Crippen LogP) is 3.74. The van der Waals surface area contributed by atoms with E-state index in [0.717, 1.165) is 16.7 Å². The van der Waals surface area contributed by atoms with E-state index in [-0.39, 0.29) is 17.8 Å². The van der Waals surface area contributed by atoms with Crippen LogP contribution >= 0.6 is 0 Å². The number of carbonyl (C=O) groups excluding carboxylic acids is 2. The first kappa shape index (κ1) is 23.8. The van der Waals surface area contributed by atoms with Gasteiger partial charge in [-0.25, -0.2) is 14.2 Å². The Kier molecular flexibility index (Phi) is 7.26. The number of benzene rings is 2. The van der Waals surface area contributed by atoms with Gasteiger partial charge in [0.05, 0.1) is 25.3 Å². The molecule has 2 aromatic carbocycles. The van der Waals surface area contributed by atoms with E-state index in [4.69, 9.17) is 9.47 Å². The molecule has 2 aromatic heterocycles. The molecule has 0 saturated heterocycles. The lowest BCUT2D eigenvalue weighted by atomic mass is 10.1. The van der Waals surface area contributed by atoms with Crippen molar-refractivity contribution in [1.82, 2.24) is 0 Å². The number of rotatable bonds is 7. The van der Waals surface area contributed by atoms with E-state index in [1.807, 2.05) is 59.6 Å². The number of carbonyl (C=O) groups is 2. The van der Waals surface area contributed by atoms with Crippen LogP contribution in [-0.4, -0.2) is 26.2 Å². The zero-order chi connectivity index (χ0) is 24.8. The highest BCUT2D eigenvalue weighted by Crippen LogP contribution is 2.20. The van der Waals surface area contributed by atoms with E-state index >= 15 is 0 Å². The van der Waals surface area contributed by atoms with Gasteiger partial charge in [-0.3, -0.25) is 0 Å². The molecule has 0 aliphatic carbocycles. The van der Waals surface area contributed by atoms with Crippen LogP contribution < -0.4 is 9.13 Å². The summed E-state index contributed by atoms with van der Waals surface area (Å²) in [5.74, 6) is -1.08. The molecule has 0 amide bonds. The summed E-state index contributed by atoms with van der Waals surface area (Å²) in [7, 11) is 2.70. The number of esters is 2. The zero-order valence-electron chi connectivity index (χ0n) is 19.5. The highest BCUT2D eigenvalue weighted by molar-refractivity contribution is 5.89. The molecule has 0 N–H and O–H groups in total. The fourth-order valence-electron chi connectivity index (χ4n) is 3.73. The molecule has 4 rings (SSSR count). The Morgan fingerprint density at radius 1 is 0.686 bits per heavy atom. The van der Waals surface area contributed by atoms with Gasteiger partial charge in [-0.1, -0.05) is 24.3 Å². The first-order valence-corrected chi connectivity index (χ1v) is 11.0. The van der Waals surface area contributed by atoms with Crippen LogP contribution in [0.15, 0.2) is 91.5 Å². The van der Waals surface area contributed by atoms with E-state index in [1.54, 1.807) is 34.9 Å². The number of halogens is 1. The predicted molar refractivity (Wildman–Crippen MR) is 126 cm³/mol. The highest BCUT2D eigenvalue weighted by atomic mass is 19.1. The molecule has 0 fully saturated rings. The standard InChI is InChI=1S/C28H25FN2O4/c1-34-27(32)23-7-3-20(4-8-23)17-30-14-11-22(12-15-30)25-13-16-31(19-26(25)29)18-21-5-9-24(10-6-21)28(33)35-2/h3-16,19H,17-18H2,1-2H3/q+2. The number of ether oxygens (including phenoxy) is 2. The summed E-state index contributed by atoms with van der Waals surface area (Å²) in [5.41, 5.74) is 4.23. The average Bonchev–Trinajstić information content (AvgIpc) is 2.89. The molecule has 7 heteroatoms. The van der Waals surface area contributed by atoms with Gasteiger partial charge in [0.25, 0.3) is 0 Å². The zero-order valence-corrected chi connectivity index (χ0v) is 19.5. The molecular weight excluding hydrogens is 447 g/mol. The van der Waals surface area contributed by atoms with Gasteiger partial charge in [-0.05, 0) is 29.8 Å². The van der Waals surface area contributed by atoms with Crippen molar-refractivity contribution in [2.75, 3.05) is 14.2 Å². The Morgan fingerprint density at radius 2 is 1.14 bits per heavy atom. The van der Waals surface area contributed by atoms with Crippen molar-refractivity contribution in [3.05, 3.63) is 120 Å². The van der Waals surface area contributed by atoms with Crippen LogP contribution in [0.5, 0.6) is 0 Å². The number of aromatic nitrogens is 2. The molecule has 4 aromatic rings. The minimum atomic E-state index is -0.389. The van der Waals surface area contributed by atoms with Gasteiger partial charge in [0, 0.05) is 34.9 Å². The maximum atomic E-state index is 14.9. The van der Waals surface area contributed by atoms with Gasteiger partial charge in [0.15, 0.2) is 37.5 Å². The number of pyridine rings is 2. The SMILES string of the molecule is COC(=O)c1ccc(C[n+]2ccc(-c3cc[n+](Cc4ccc(C(=O)OC)cc4)cc3F)cc2)cc1. The highest BCUT2D eigenvalue weighted by Gasteiger charge is 2.14. The summed E-state index contributed by atoms with van der Waals surface area (Å²) >= 11 is 0. The summed E-state index contributed by atoms with van der Waals surface area (Å²) in [6.07, 6.45) is 7.09. The Labute approximate surface area is 202 Å². The Morgan fingerprint density at radius 3 is 1.60 bits per heavy atom. The summed E-state index contributed by atoms with van der Waals surface area (Å²) < 4.78 is 28.1. The summed E-state index contributed by atoms with van der Waals surface area (Å²) in [5, 5.41) is 0. The van der Waals surface area contributed by atoms with Crippen molar-refractivity contribution < 1.29 is 32.6 Å². The first-order chi connectivity index (χ1) is 17.0. The number of nitrogens with zero attached hydrogens (tertiary/aromatic N) is 2. The van der Waals surface area contributed by atoms with Crippen LogP contribution in [0.4, 0.5) is 4.39 Å². The van der Waals surface area contributed by atoms with Crippen molar-refractivity contribution >= 4 is 11.9 Å². The van der Waals surface area contributed by atoms with Gasteiger partial charge in [0.1, 0.15) is 0 Å². The third kappa shape index (κ3) is 5.76. The minimum absolute atomic E-state index is 0.324. The molecule has 0 unspecified atom stereocenters. The molecule has 176 valence electrons. The quantitative estimate of drug-likeness (QED) is 0.304. The topological polar surface area (TPSA) is 60.4 Å². The van der Waals surface area contributed by atoms with E-state index < -0.39 is 0 Å². The van der Waals surface area contributed by atoms with Crippen LogP contribution in [0.3, 0.4) is 0 Å². The van der Waals surface area contributed by atoms with Crippen molar-refractivity contribution in [3.8, 4) is 11.1 Å². The molecule has 6 nitrogen and oxygen atoms in total. The van der Waals surface area contributed by atoms with Crippen molar-refractivity contribution in [3.63, 3.8) is 0 Å². The summed E-state index contributed by atoms with van der Waals surface area (Å²) in [6.45, 7) is 1.09. The number of hydrogen-bond acceptors (Lipinski definition) is 4. The van der Waals surface area contributed by atoms with E-state index in [2.05, 4.69) is 0 Å². The van der Waals surface area contributed by atoms with Gasteiger partial charge in [0.2, 0.25) is 6.20 Å². The van der Waals surface area contributed by atoms with Crippen LogP contribution in [0.2, 0.25) is 0 Å². The molecule has 0 radical (unpaired) electrons. The normalized spacial score (nSPS) is 10.6. The third-order valence-electron chi connectivity index (χ3n) is 5.65. The van der Waals surface area contributed by atoms with E-state index in [1.165, 1.54) is 20.4 Å². The van der Waals surface area contributed by atoms with Crippen molar-refractivity contribution in [2.24, 2.45) is 0 Å². The van der Waals surface area contributed by atoms with Gasteiger partial charge in [-0.15, -0.1) is 0 Å². The number of hydrogen-bond donors (Lipinski definition) is 0. The maximum Gasteiger partial charge on any atom is 0.337 e. The lowest BCUT2D eigenvalue weighted by Gasteiger charge is -2.05. The van der Waals surface area contributed by atoms with Crippen LogP contribution in [0.25, 0.3) is 11.1 Å². The Bertz CT molecular complexity index is 1340. The smallest absolute Gasteiger partial charge is 0.337 e. The van der Waals surface area contributed by atoms with Gasteiger partial charge in [-0.2, -0.15) is 8.96 Å². The largest absolute Gasteiger partial charge is 0.465 e. The molecule has 0 saturated carbocycles. The van der Waals surface area contributed by atoms with Crippen LogP contribution in [-0.2, 0) is 22.6 Å². The monoisotopic (exact) mass is 472 g/mol. The lowest BCUT2D eigenvalue weighted by molar-refractivity contribution is -0.689. The molecular formula is C28H25FN2O4+2. The molecule has 0 bridgehead atoms. The second-order valence-corrected chi connectivity index (χ2v) is 8.01. The lowest BCUT2D eigenvalue weighted by Crippen LogP contribution is -2.34. The molecule has 0 aliphatic heterocycles. The average molecular weight is 473 g/mol. The number of methoxy groups -OCH3 is 2. The summed E-state index contributed by atoms with van der Waals surface area (Å²) in [4.78, 5) is 23.1. The Balaban J connectivity index is 1.43. The second kappa shape index (κ2) is 10.7. The van der Waals surface area contributed by atoms with Crippen molar-refractivity contribution in [2.45, 2.75) is 13.1 Å².